The highest BCUT2D eigenvalue weighted by Gasteiger charge is 2.11. The van der Waals surface area contributed by atoms with Crippen molar-refractivity contribution in [3.8, 4) is 5.75 Å². The number of nitrogens with one attached hydrogen (secondary N) is 1. The Balaban J connectivity index is 2.04. The number of halogens is 1. The van der Waals surface area contributed by atoms with E-state index in [4.69, 9.17) is 0 Å². The molecule has 18 heavy (non-hydrogen) atoms. The highest BCUT2D eigenvalue weighted by Crippen LogP contribution is 2.17. The van der Waals surface area contributed by atoms with Gasteiger partial charge in [0.15, 0.2) is 0 Å². The first kappa shape index (κ1) is 12.0. The van der Waals surface area contributed by atoms with Gasteiger partial charge in [-0.3, -0.25) is 9.78 Å². The fourth-order valence-corrected chi connectivity index (χ4v) is 1.48. The van der Waals surface area contributed by atoms with Crippen molar-refractivity contribution in [2.45, 2.75) is 6.54 Å². The van der Waals surface area contributed by atoms with Crippen LogP contribution in [0.3, 0.4) is 0 Å². The fourth-order valence-electron chi connectivity index (χ4n) is 1.48. The average molecular weight is 246 g/mol. The SMILES string of the molecule is O=C(NCc1cccnc1)c1ccc(F)cc1O. The van der Waals surface area contributed by atoms with Crippen molar-refractivity contribution in [3.63, 3.8) is 0 Å². The topological polar surface area (TPSA) is 62.2 Å². The minimum Gasteiger partial charge on any atom is -0.507 e. The third kappa shape index (κ3) is 2.82. The lowest BCUT2D eigenvalue weighted by Gasteiger charge is -2.06. The van der Waals surface area contributed by atoms with Crippen molar-refractivity contribution in [1.29, 1.82) is 0 Å². The summed E-state index contributed by atoms with van der Waals surface area (Å²) in [7, 11) is 0. The Hall–Kier alpha value is -2.43. The van der Waals surface area contributed by atoms with E-state index in [0.717, 1.165) is 17.7 Å². The summed E-state index contributed by atoms with van der Waals surface area (Å²) < 4.78 is 12.8. The minimum atomic E-state index is -0.587. The van der Waals surface area contributed by atoms with Crippen LogP contribution in [0.5, 0.6) is 5.75 Å². The van der Waals surface area contributed by atoms with Crippen molar-refractivity contribution < 1.29 is 14.3 Å². The lowest BCUT2D eigenvalue weighted by molar-refractivity contribution is 0.0948. The van der Waals surface area contributed by atoms with Crippen LogP contribution >= 0.6 is 0 Å². The number of carbonyl (C=O) groups is 1. The zero-order valence-electron chi connectivity index (χ0n) is 9.43. The van der Waals surface area contributed by atoms with E-state index >= 15 is 0 Å². The van der Waals surface area contributed by atoms with Gasteiger partial charge in [0.25, 0.3) is 5.91 Å². The third-order valence-electron chi connectivity index (χ3n) is 2.38. The van der Waals surface area contributed by atoms with Gasteiger partial charge in [-0.15, -0.1) is 0 Å². The molecule has 0 unspecified atom stereocenters. The first-order valence-electron chi connectivity index (χ1n) is 5.32. The lowest BCUT2D eigenvalue weighted by Crippen LogP contribution is -2.22. The number of nitrogens with zero attached hydrogens (tertiary/aromatic N) is 1. The number of benzene rings is 1. The number of aromatic hydroxyl groups is 1. The van der Waals surface area contributed by atoms with E-state index in [1.807, 2.05) is 6.07 Å². The van der Waals surface area contributed by atoms with Gasteiger partial charge in [-0.1, -0.05) is 6.07 Å². The summed E-state index contributed by atoms with van der Waals surface area (Å²) in [4.78, 5) is 15.7. The van der Waals surface area contributed by atoms with Gasteiger partial charge in [-0.05, 0) is 23.8 Å². The molecular formula is C13H11FN2O2. The first-order valence-corrected chi connectivity index (χ1v) is 5.32. The van der Waals surface area contributed by atoms with E-state index < -0.39 is 11.7 Å². The Morgan fingerprint density at radius 1 is 1.39 bits per heavy atom. The summed E-state index contributed by atoms with van der Waals surface area (Å²) >= 11 is 0. The standard InChI is InChI=1S/C13H11FN2O2/c14-10-3-4-11(12(17)6-10)13(18)16-8-9-2-1-5-15-7-9/h1-7,17H,8H2,(H,16,18). The van der Waals surface area contributed by atoms with Gasteiger partial charge in [0, 0.05) is 25.0 Å². The molecule has 0 spiro atoms. The van der Waals surface area contributed by atoms with Crippen molar-refractivity contribution in [2.24, 2.45) is 0 Å². The predicted octanol–water partition coefficient (Wildman–Crippen LogP) is 1.86. The molecular weight excluding hydrogens is 235 g/mol. The highest BCUT2D eigenvalue weighted by atomic mass is 19.1. The summed E-state index contributed by atoms with van der Waals surface area (Å²) in [6.45, 7) is 0.295. The Morgan fingerprint density at radius 3 is 2.89 bits per heavy atom. The summed E-state index contributed by atoms with van der Waals surface area (Å²) in [6, 6.07) is 6.84. The van der Waals surface area contributed by atoms with Gasteiger partial charge in [0.2, 0.25) is 0 Å². The number of phenolic OH excluding ortho intramolecular Hbond substituents is 1. The van der Waals surface area contributed by atoms with E-state index in [1.165, 1.54) is 6.07 Å². The first-order chi connectivity index (χ1) is 8.66. The zero-order valence-corrected chi connectivity index (χ0v) is 9.43. The number of hydrogen-bond acceptors (Lipinski definition) is 3. The molecule has 92 valence electrons. The molecule has 0 aliphatic rings. The summed E-state index contributed by atoms with van der Waals surface area (Å²) in [5.41, 5.74) is 0.882. The van der Waals surface area contributed by atoms with Gasteiger partial charge >= 0.3 is 0 Å². The van der Waals surface area contributed by atoms with E-state index in [9.17, 15) is 14.3 Å². The summed E-state index contributed by atoms with van der Waals surface area (Å²) in [6.07, 6.45) is 3.27. The fraction of sp³-hybridized carbons (Fsp3) is 0.0769. The Labute approximate surface area is 103 Å². The van der Waals surface area contributed by atoms with Gasteiger partial charge < -0.3 is 10.4 Å². The van der Waals surface area contributed by atoms with Crippen LogP contribution in [0.2, 0.25) is 0 Å². The molecule has 0 saturated carbocycles. The molecule has 2 rings (SSSR count). The molecule has 0 aliphatic heterocycles. The van der Waals surface area contributed by atoms with Crippen LogP contribution < -0.4 is 5.32 Å². The van der Waals surface area contributed by atoms with Crippen LogP contribution in [0.1, 0.15) is 15.9 Å². The number of carbonyl (C=O) groups excluding carboxylic acids is 1. The smallest absolute Gasteiger partial charge is 0.255 e. The monoisotopic (exact) mass is 246 g/mol. The average Bonchev–Trinajstić information content (AvgIpc) is 2.37. The minimum absolute atomic E-state index is 0.0419. The van der Waals surface area contributed by atoms with Crippen LogP contribution in [0.4, 0.5) is 4.39 Å². The molecule has 2 aromatic rings. The molecule has 0 fully saturated rings. The molecule has 4 nitrogen and oxygen atoms in total. The number of rotatable bonds is 3. The number of hydrogen-bond donors (Lipinski definition) is 2. The Morgan fingerprint density at radius 2 is 2.22 bits per heavy atom. The molecule has 0 bridgehead atoms. The summed E-state index contributed by atoms with van der Waals surface area (Å²) in [5.74, 6) is -1.42. The van der Waals surface area contributed by atoms with Crippen LogP contribution in [-0.4, -0.2) is 16.0 Å². The molecule has 1 aromatic carbocycles. The highest BCUT2D eigenvalue weighted by molar-refractivity contribution is 5.96. The van der Waals surface area contributed by atoms with E-state index in [2.05, 4.69) is 10.3 Å². The van der Waals surface area contributed by atoms with Crippen molar-refractivity contribution in [2.75, 3.05) is 0 Å². The van der Waals surface area contributed by atoms with E-state index in [1.54, 1.807) is 18.5 Å². The molecule has 0 aliphatic carbocycles. The predicted molar refractivity (Wildman–Crippen MR) is 63.5 cm³/mol. The second-order valence-electron chi connectivity index (χ2n) is 3.71. The molecule has 1 aromatic heterocycles. The molecule has 2 N–H and O–H groups in total. The van der Waals surface area contributed by atoms with Crippen LogP contribution in [0, 0.1) is 5.82 Å². The Kier molecular flexibility index (Phi) is 3.52. The summed E-state index contributed by atoms with van der Waals surface area (Å²) in [5, 5.41) is 12.1. The maximum absolute atomic E-state index is 12.8. The van der Waals surface area contributed by atoms with Gasteiger partial charge in [-0.2, -0.15) is 0 Å². The van der Waals surface area contributed by atoms with Crippen LogP contribution in [0.25, 0.3) is 0 Å². The molecule has 0 atom stereocenters. The molecule has 0 saturated heterocycles. The molecule has 5 heteroatoms. The number of phenols is 1. The maximum atomic E-state index is 12.8. The second-order valence-corrected chi connectivity index (χ2v) is 3.71. The number of aromatic nitrogens is 1. The lowest BCUT2D eigenvalue weighted by atomic mass is 10.2. The van der Waals surface area contributed by atoms with E-state index in [-0.39, 0.29) is 11.3 Å². The zero-order chi connectivity index (χ0) is 13.0. The second kappa shape index (κ2) is 5.27. The molecule has 0 radical (unpaired) electrons. The maximum Gasteiger partial charge on any atom is 0.255 e. The number of pyridine rings is 1. The van der Waals surface area contributed by atoms with Gasteiger partial charge in [0.05, 0.1) is 5.56 Å². The van der Waals surface area contributed by atoms with Crippen molar-refractivity contribution in [3.05, 3.63) is 59.7 Å². The van der Waals surface area contributed by atoms with E-state index in [0.29, 0.717) is 6.54 Å². The van der Waals surface area contributed by atoms with Crippen molar-refractivity contribution in [1.82, 2.24) is 10.3 Å². The third-order valence-corrected chi connectivity index (χ3v) is 2.38. The largest absolute Gasteiger partial charge is 0.507 e. The van der Waals surface area contributed by atoms with Crippen molar-refractivity contribution >= 4 is 5.91 Å². The number of amides is 1. The molecule has 1 amide bonds. The quantitative estimate of drug-likeness (QED) is 0.868. The van der Waals surface area contributed by atoms with Gasteiger partial charge in [-0.25, -0.2) is 4.39 Å². The van der Waals surface area contributed by atoms with Crippen LogP contribution in [-0.2, 0) is 6.54 Å². The Bertz CT molecular complexity index is 558. The van der Waals surface area contributed by atoms with Crippen LogP contribution in [0.15, 0.2) is 42.7 Å². The molecule has 1 heterocycles. The normalized spacial score (nSPS) is 10.1. The van der Waals surface area contributed by atoms with Gasteiger partial charge in [0.1, 0.15) is 11.6 Å².